The van der Waals surface area contributed by atoms with Crippen LogP contribution in [0.3, 0.4) is 0 Å². The summed E-state index contributed by atoms with van der Waals surface area (Å²) in [5.41, 5.74) is 0.792. The van der Waals surface area contributed by atoms with E-state index in [9.17, 15) is 27.7 Å². The van der Waals surface area contributed by atoms with Crippen LogP contribution < -0.4 is 0 Å². The number of carbonyl (C=O) groups is 1. The van der Waals surface area contributed by atoms with E-state index >= 15 is 0 Å². The first kappa shape index (κ1) is 22.1. The molecule has 2 heterocycles. The van der Waals surface area contributed by atoms with E-state index < -0.39 is 49.5 Å². The fraction of sp³-hybridized carbons (Fsp3) is 0.318. The number of non-ortho nitro benzene ring substituents is 1. The predicted molar refractivity (Wildman–Crippen MR) is 116 cm³/mol. The molecule has 1 aliphatic carbocycles. The first-order chi connectivity index (χ1) is 16.2. The number of aromatic nitrogens is 3. The molecule has 12 heteroatoms. The van der Waals surface area contributed by atoms with E-state index in [0.29, 0.717) is 0 Å². The van der Waals surface area contributed by atoms with Crippen molar-refractivity contribution < 1.29 is 27.3 Å². The highest BCUT2D eigenvalue weighted by Gasteiger charge is 2.45. The molecule has 1 aromatic heterocycles. The summed E-state index contributed by atoms with van der Waals surface area (Å²) < 4.78 is 47.2. The van der Waals surface area contributed by atoms with Crippen molar-refractivity contribution in [2.24, 2.45) is 0 Å². The molecule has 1 saturated carbocycles. The van der Waals surface area contributed by atoms with Gasteiger partial charge in [0.1, 0.15) is 6.10 Å². The van der Waals surface area contributed by atoms with Crippen LogP contribution in [0, 0.1) is 10.1 Å². The number of rotatable bonds is 6. The van der Waals surface area contributed by atoms with Crippen LogP contribution in [0.5, 0.6) is 0 Å². The van der Waals surface area contributed by atoms with E-state index in [2.05, 4.69) is 10.1 Å². The number of benzene rings is 2. The Balaban J connectivity index is 1.25. The van der Waals surface area contributed by atoms with Crippen LogP contribution in [0.2, 0.25) is 0 Å². The molecule has 1 aliphatic heterocycles. The molecule has 3 aromatic rings. The minimum atomic E-state index is -3.93. The Bertz CT molecular complexity index is 1350. The van der Waals surface area contributed by atoms with Gasteiger partial charge in [0.05, 0.1) is 21.8 Å². The summed E-state index contributed by atoms with van der Waals surface area (Å²) in [5.74, 6) is -0.700. The highest BCUT2D eigenvalue weighted by atomic mass is 32.2. The van der Waals surface area contributed by atoms with E-state index in [0.717, 1.165) is 5.56 Å². The molecular formula is C22H19FN4O6S. The zero-order valence-corrected chi connectivity index (χ0v) is 18.5. The number of nitrogens with zero attached hydrogens (tertiary/aromatic N) is 4. The standard InChI is InChI=1S/C22H19FN4O6S/c23-18-12-19(13-4-2-1-3-5-13)26-20(18)24-22(25-26)34(31,32)17-10-16(11-17)33-21(28)14-6-8-15(9-7-14)27(29)30/h1-9,16-19H,10-12H2/t16-,17-,18-,19-/m0/s1. The van der Waals surface area contributed by atoms with Crippen molar-refractivity contribution in [2.75, 3.05) is 0 Å². The molecule has 2 atom stereocenters. The van der Waals surface area contributed by atoms with Gasteiger partial charge < -0.3 is 4.74 Å². The van der Waals surface area contributed by atoms with Gasteiger partial charge in [-0.1, -0.05) is 30.3 Å². The van der Waals surface area contributed by atoms with Crippen LogP contribution in [0.25, 0.3) is 0 Å². The lowest BCUT2D eigenvalue weighted by Crippen LogP contribution is -2.42. The normalized spacial score (nSPS) is 23.7. The molecule has 0 saturated heterocycles. The Labute approximate surface area is 193 Å². The summed E-state index contributed by atoms with van der Waals surface area (Å²) in [4.78, 5) is 26.4. The number of fused-ring (bicyclic) bond motifs is 1. The Morgan fingerprint density at radius 2 is 1.76 bits per heavy atom. The molecule has 0 amide bonds. The molecule has 5 rings (SSSR count). The quantitative estimate of drug-likeness (QED) is 0.294. The molecule has 2 aromatic carbocycles. The summed E-state index contributed by atoms with van der Waals surface area (Å²) in [6, 6.07) is 13.6. The van der Waals surface area contributed by atoms with Gasteiger partial charge in [-0.05, 0) is 17.7 Å². The molecule has 0 bridgehead atoms. The Hall–Kier alpha value is -3.67. The van der Waals surface area contributed by atoms with Gasteiger partial charge in [0.2, 0.25) is 9.84 Å². The van der Waals surface area contributed by atoms with Crippen molar-refractivity contribution in [1.29, 1.82) is 0 Å². The summed E-state index contributed by atoms with van der Waals surface area (Å²) in [5, 5.41) is 13.6. The summed E-state index contributed by atoms with van der Waals surface area (Å²) in [6.45, 7) is 0. The van der Waals surface area contributed by atoms with Crippen LogP contribution in [-0.4, -0.2) is 45.4 Å². The molecule has 0 radical (unpaired) electrons. The third kappa shape index (κ3) is 3.83. The molecule has 34 heavy (non-hydrogen) atoms. The number of sulfone groups is 1. The first-order valence-electron chi connectivity index (χ1n) is 10.6. The first-order valence-corrected chi connectivity index (χ1v) is 12.1. The molecule has 0 unspecified atom stereocenters. The zero-order valence-electron chi connectivity index (χ0n) is 17.7. The van der Waals surface area contributed by atoms with Gasteiger partial charge in [0.15, 0.2) is 12.0 Å². The van der Waals surface area contributed by atoms with Crippen LogP contribution in [0.1, 0.15) is 53.2 Å². The average Bonchev–Trinajstić information content (AvgIpc) is 3.37. The summed E-state index contributed by atoms with van der Waals surface area (Å²) >= 11 is 0. The number of hydrogen-bond acceptors (Lipinski definition) is 8. The zero-order chi connectivity index (χ0) is 24.0. The van der Waals surface area contributed by atoms with Crippen LogP contribution in [-0.2, 0) is 14.6 Å². The molecule has 176 valence electrons. The van der Waals surface area contributed by atoms with Crippen molar-refractivity contribution in [3.05, 3.63) is 81.7 Å². The minimum absolute atomic E-state index is 0.00657. The number of hydrogen-bond donors (Lipinski definition) is 0. The van der Waals surface area contributed by atoms with Gasteiger partial charge in [0.25, 0.3) is 10.8 Å². The molecule has 0 N–H and O–H groups in total. The third-order valence-corrected chi connectivity index (χ3v) is 8.11. The molecular weight excluding hydrogens is 467 g/mol. The maximum absolute atomic E-state index is 14.6. The summed E-state index contributed by atoms with van der Waals surface area (Å²) in [7, 11) is -3.93. The van der Waals surface area contributed by atoms with E-state index in [4.69, 9.17) is 4.74 Å². The maximum Gasteiger partial charge on any atom is 0.338 e. The van der Waals surface area contributed by atoms with Gasteiger partial charge in [-0.3, -0.25) is 10.1 Å². The fourth-order valence-corrected chi connectivity index (χ4v) is 5.84. The topological polar surface area (TPSA) is 134 Å². The predicted octanol–water partition coefficient (Wildman–Crippen LogP) is 3.35. The number of nitro benzene ring substituents is 1. The largest absolute Gasteiger partial charge is 0.459 e. The van der Waals surface area contributed by atoms with Gasteiger partial charge >= 0.3 is 5.97 Å². The number of esters is 1. The van der Waals surface area contributed by atoms with Gasteiger partial charge in [-0.25, -0.2) is 22.3 Å². The minimum Gasteiger partial charge on any atom is -0.459 e. The number of nitro groups is 1. The highest BCUT2D eigenvalue weighted by molar-refractivity contribution is 7.91. The fourth-order valence-electron chi connectivity index (χ4n) is 4.19. The van der Waals surface area contributed by atoms with E-state index in [1.165, 1.54) is 28.9 Å². The van der Waals surface area contributed by atoms with Crippen molar-refractivity contribution in [3.8, 4) is 0 Å². The second kappa shape index (κ2) is 8.28. The smallest absolute Gasteiger partial charge is 0.338 e. The van der Waals surface area contributed by atoms with Crippen molar-refractivity contribution in [1.82, 2.24) is 14.8 Å². The summed E-state index contributed by atoms with van der Waals surface area (Å²) in [6.07, 6.45) is -1.77. The molecule has 10 nitrogen and oxygen atoms in total. The number of halogens is 1. The van der Waals surface area contributed by atoms with Gasteiger partial charge in [0, 0.05) is 31.4 Å². The Kier molecular flexibility index (Phi) is 5.39. The second-order valence-electron chi connectivity index (χ2n) is 8.30. The van der Waals surface area contributed by atoms with Gasteiger partial charge in [-0.15, -0.1) is 5.10 Å². The molecule has 1 fully saturated rings. The Morgan fingerprint density at radius 3 is 2.41 bits per heavy atom. The van der Waals surface area contributed by atoms with E-state index in [1.807, 2.05) is 30.3 Å². The number of alkyl halides is 1. The average molecular weight is 486 g/mol. The second-order valence-corrected chi connectivity index (χ2v) is 10.4. The maximum atomic E-state index is 14.6. The Morgan fingerprint density at radius 1 is 1.09 bits per heavy atom. The van der Waals surface area contributed by atoms with Crippen LogP contribution >= 0.6 is 0 Å². The van der Waals surface area contributed by atoms with Crippen molar-refractivity contribution in [3.63, 3.8) is 0 Å². The SMILES string of the molecule is O=C(O[C@H]1C[C@H](S(=O)(=O)c2nc3n(n2)[C@H](c2ccccc2)C[C@@H]3F)C1)c1ccc([N+](=O)[O-])cc1. The lowest BCUT2D eigenvalue weighted by molar-refractivity contribution is -0.384. The van der Waals surface area contributed by atoms with Crippen LogP contribution in [0.15, 0.2) is 59.8 Å². The van der Waals surface area contributed by atoms with Crippen molar-refractivity contribution >= 4 is 21.5 Å². The van der Waals surface area contributed by atoms with E-state index in [1.54, 1.807) is 0 Å². The highest BCUT2D eigenvalue weighted by Crippen LogP contribution is 2.41. The monoisotopic (exact) mass is 486 g/mol. The number of ether oxygens (including phenoxy) is 1. The van der Waals surface area contributed by atoms with Crippen molar-refractivity contribution in [2.45, 2.75) is 48.0 Å². The third-order valence-electron chi connectivity index (χ3n) is 6.16. The van der Waals surface area contributed by atoms with E-state index in [-0.39, 0.29) is 36.3 Å². The lowest BCUT2D eigenvalue weighted by Gasteiger charge is -2.33. The molecule has 0 spiro atoms. The number of carbonyl (C=O) groups excluding carboxylic acids is 1. The van der Waals surface area contributed by atoms with Crippen LogP contribution in [0.4, 0.5) is 10.1 Å². The molecule has 2 aliphatic rings. The lowest BCUT2D eigenvalue weighted by atomic mass is 9.95. The van der Waals surface area contributed by atoms with Gasteiger partial charge in [-0.2, -0.15) is 4.98 Å².